The van der Waals surface area contributed by atoms with E-state index in [4.69, 9.17) is 5.11 Å². The fourth-order valence-electron chi connectivity index (χ4n) is 7.28. The monoisotopic (exact) mass is 332 g/mol. The van der Waals surface area contributed by atoms with Crippen molar-refractivity contribution in [2.24, 2.45) is 41.4 Å². The van der Waals surface area contributed by atoms with Crippen molar-refractivity contribution in [1.29, 1.82) is 0 Å². The molecule has 0 heterocycles. The van der Waals surface area contributed by atoms with Crippen LogP contribution < -0.4 is 0 Å². The van der Waals surface area contributed by atoms with E-state index in [9.17, 15) is 5.11 Å². The SMILES string of the molecule is CC(CCCO)C1CCC2C1CCC1C3CCC(O)CC3=CCC12. The fraction of sp³-hybridized carbons (Fsp3) is 0.909. The van der Waals surface area contributed by atoms with Crippen LogP contribution in [0.5, 0.6) is 0 Å². The van der Waals surface area contributed by atoms with Crippen LogP contribution >= 0.6 is 0 Å². The summed E-state index contributed by atoms with van der Waals surface area (Å²) in [6, 6.07) is 0. The average molecular weight is 333 g/mol. The second-order valence-electron chi connectivity index (χ2n) is 9.37. The molecular weight excluding hydrogens is 296 g/mol. The van der Waals surface area contributed by atoms with Crippen molar-refractivity contribution in [3.05, 3.63) is 11.6 Å². The number of allylic oxidation sites excluding steroid dienone is 1. The first-order valence-electron chi connectivity index (χ1n) is 10.7. The van der Waals surface area contributed by atoms with Gasteiger partial charge < -0.3 is 10.2 Å². The third-order valence-corrected chi connectivity index (χ3v) is 8.34. The molecule has 0 bridgehead atoms. The first kappa shape index (κ1) is 17.1. The van der Waals surface area contributed by atoms with Gasteiger partial charge in [0, 0.05) is 6.61 Å². The maximum Gasteiger partial charge on any atom is 0.0577 e. The molecule has 0 aromatic carbocycles. The Morgan fingerprint density at radius 2 is 1.79 bits per heavy atom. The molecule has 0 aromatic heterocycles. The number of hydrogen-bond donors (Lipinski definition) is 2. The van der Waals surface area contributed by atoms with Crippen LogP contribution in [0.25, 0.3) is 0 Å². The van der Waals surface area contributed by atoms with Crippen LogP contribution in [-0.4, -0.2) is 22.9 Å². The minimum absolute atomic E-state index is 0.0661. The van der Waals surface area contributed by atoms with Crippen molar-refractivity contribution < 1.29 is 10.2 Å². The average Bonchev–Trinajstić information content (AvgIpc) is 3.03. The molecule has 0 spiro atoms. The summed E-state index contributed by atoms with van der Waals surface area (Å²) in [5, 5.41) is 19.2. The van der Waals surface area contributed by atoms with Crippen molar-refractivity contribution >= 4 is 0 Å². The molecule has 4 aliphatic rings. The van der Waals surface area contributed by atoms with Crippen LogP contribution in [0, 0.1) is 41.4 Å². The van der Waals surface area contributed by atoms with Crippen molar-refractivity contribution in [3.8, 4) is 0 Å². The Balaban J connectivity index is 1.46. The molecule has 0 aliphatic heterocycles. The van der Waals surface area contributed by atoms with E-state index in [0.29, 0.717) is 6.61 Å². The Morgan fingerprint density at radius 3 is 2.62 bits per heavy atom. The zero-order valence-corrected chi connectivity index (χ0v) is 15.4. The quantitative estimate of drug-likeness (QED) is 0.741. The van der Waals surface area contributed by atoms with Gasteiger partial charge in [0.15, 0.2) is 0 Å². The second kappa shape index (κ2) is 7.11. The predicted molar refractivity (Wildman–Crippen MR) is 97.4 cm³/mol. The van der Waals surface area contributed by atoms with E-state index in [2.05, 4.69) is 13.0 Å². The highest BCUT2D eigenvalue weighted by atomic mass is 16.3. The Kier molecular flexibility index (Phi) is 5.07. The van der Waals surface area contributed by atoms with Crippen LogP contribution in [0.4, 0.5) is 0 Å². The summed E-state index contributed by atoms with van der Waals surface area (Å²) in [6.45, 7) is 2.80. The van der Waals surface area contributed by atoms with Gasteiger partial charge in [-0.25, -0.2) is 0 Å². The lowest BCUT2D eigenvalue weighted by atomic mass is 9.56. The van der Waals surface area contributed by atoms with E-state index >= 15 is 0 Å². The highest BCUT2D eigenvalue weighted by molar-refractivity contribution is 5.19. The molecule has 0 saturated heterocycles. The van der Waals surface area contributed by atoms with Gasteiger partial charge in [-0.2, -0.15) is 0 Å². The molecule has 24 heavy (non-hydrogen) atoms. The summed E-state index contributed by atoms with van der Waals surface area (Å²) in [7, 11) is 0. The van der Waals surface area contributed by atoms with Gasteiger partial charge in [0.1, 0.15) is 0 Å². The van der Waals surface area contributed by atoms with E-state index in [1.807, 2.05) is 0 Å². The van der Waals surface area contributed by atoms with Gasteiger partial charge in [0.05, 0.1) is 6.10 Å². The fourth-order valence-corrected chi connectivity index (χ4v) is 7.28. The number of fused-ring (bicyclic) bond motifs is 5. The van der Waals surface area contributed by atoms with Crippen molar-refractivity contribution in [1.82, 2.24) is 0 Å². The summed E-state index contributed by atoms with van der Waals surface area (Å²) < 4.78 is 0. The first-order chi connectivity index (χ1) is 11.7. The summed E-state index contributed by atoms with van der Waals surface area (Å²) in [5.41, 5.74) is 1.61. The minimum Gasteiger partial charge on any atom is -0.396 e. The lowest BCUT2D eigenvalue weighted by Gasteiger charge is -2.50. The Morgan fingerprint density at radius 1 is 1.00 bits per heavy atom. The summed E-state index contributed by atoms with van der Waals surface area (Å²) in [5.74, 6) is 6.30. The Hall–Kier alpha value is -0.340. The van der Waals surface area contributed by atoms with Crippen molar-refractivity contribution in [2.75, 3.05) is 6.61 Å². The standard InChI is InChI=1S/C22H36O2/c1-14(3-2-12-23)17-8-9-22-19(17)10-11-20-18-7-5-16(24)13-15(18)4-6-21(20)22/h4,14,16-24H,2-3,5-13H2,1H3. The summed E-state index contributed by atoms with van der Waals surface area (Å²) in [4.78, 5) is 0. The molecule has 8 atom stereocenters. The van der Waals surface area contributed by atoms with E-state index in [0.717, 1.165) is 60.7 Å². The van der Waals surface area contributed by atoms with Gasteiger partial charge in [-0.3, -0.25) is 0 Å². The second-order valence-corrected chi connectivity index (χ2v) is 9.37. The van der Waals surface area contributed by atoms with Gasteiger partial charge in [0.25, 0.3) is 0 Å². The minimum atomic E-state index is -0.0661. The maximum atomic E-state index is 10.0. The molecule has 2 nitrogen and oxygen atoms in total. The smallest absolute Gasteiger partial charge is 0.0577 e. The predicted octanol–water partition coefficient (Wildman–Crippen LogP) is 4.55. The van der Waals surface area contributed by atoms with Gasteiger partial charge in [-0.15, -0.1) is 0 Å². The third-order valence-electron chi connectivity index (χ3n) is 8.34. The molecule has 8 unspecified atom stereocenters. The van der Waals surface area contributed by atoms with E-state index in [1.54, 1.807) is 5.57 Å². The highest BCUT2D eigenvalue weighted by Crippen LogP contribution is 2.58. The molecule has 136 valence electrons. The Labute approximate surface area is 147 Å². The maximum absolute atomic E-state index is 10.0. The molecule has 2 heteroatoms. The summed E-state index contributed by atoms with van der Waals surface area (Å²) >= 11 is 0. The van der Waals surface area contributed by atoms with Crippen molar-refractivity contribution in [3.63, 3.8) is 0 Å². The lowest BCUT2D eigenvalue weighted by molar-refractivity contribution is 0.0279. The molecule has 0 aromatic rings. The molecule has 0 amide bonds. The lowest BCUT2D eigenvalue weighted by Crippen LogP contribution is -2.42. The van der Waals surface area contributed by atoms with Gasteiger partial charge in [-0.05, 0) is 106 Å². The van der Waals surface area contributed by atoms with Crippen LogP contribution in [-0.2, 0) is 0 Å². The molecular formula is C22H36O2. The third kappa shape index (κ3) is 2.98. The number of rotatable bonds is 4. The molecule has 3 fully saturated rings. The molecule has 4 aliphatic carbocycles. The zero-order valence-electron chi connectivity index (χ0n) is 15.4. The number of hydrogen-bond acceptors (Lipinski definition) is 2. The summed E-state index contributed by atoms with van der Waals surface area (Å²) in [6.07, 6.45) is 15.0. The first-order valence-corrected chi connectivity index (χ1v) is 10.7. The van der Waals surface area contributed by atoms with Crippen molar-refractivity contribution in [2.45, 2.75) is 77.2 Å². The molecule has 4 rings (SSSR count). The molecule has 2 N–H and O–H groups in total. The van der Waals surface area contributed by atoms with Gasteiger partial charge >= 0.3 is 0 Å². The topological polar surface area (TPSA) is 40.5 Å². The Bertz CT molecular complexity index is 471. The number of aliphatic hydroxyl groups is 2. The van der Waals surface area contributed by atoms with Crippen LogP contribution in [0.2, 0.25) is 0 Å². The van der Waals surface area contributed by atoms with E-state index in [1.165, 1.54) is 44.9 Å². The molecule has 0 radical (unpaired) electrons. The normalized spacial score (nSPS) is 45.8. The van der Waals surface area contributed by atoms with Crippen LogP contribution in [0.15, 0.2) is 11.6 Å². The van der Waals surface area contributed by atoms with E-state index < -0.39 is 0 Å². The highest BCUT2D eigenvalue weighted by Gasteiger charge is 2.50. The zero-order chi connectivity index (χ0) is 16.7. The largest absolute Gasteiger partial charge is 0.396 e. The van der Waals surface area contributed by atoms with Gasteiger partial charge in [-0.1, -0.05) is 18.6 Å². The van der Waals surface area contributed by atoms with Crippen LogP contribution in [0.3, 0.4) is 0 Å². The van der Waals surface area contributed by atoms with E-state index in [-0.39, 0.29) is 6.10 Å². The molecule has 3 saturated carbocycles. The van der Waals surface area contributed by atoms with Gasteiger partial charge in [0.2, 0.25) is 0 Å². The number of aliphatic hydroxyl groups excluding tert-OH is 2. The van der Waals surface area contributed by atoms with Crippen LogP contribution in [0.1, 0.15) is 71.1 Å².